The van der Waals surface area contributed by atoms with Crippen molar-refractivity contribution in [3.8, 4) is 0 Å². The van der Waals surface area contributed by atoms with Crippen molar-refractivity contribution in [1.29, 1.82) is 0 Å². The highest BCUT2D eigenvalue weighted by Crippen LogP contribution is 2.32. The highest BCUT2D eigenvalue weighted by atomic mass is 16.4. The summed E-state index contributed by atoms with van der Waals surface area (Å²) in [6.45, 7) is 3.74. The van der Waals surface area contributed by atoms with Crippen LogP contribution in [0.4, 0.5) is 0 Å². The van der Waals surface area contributed by atoms with Crippen LogP contribution in [-0.4, -0.2) is 41.0 Å². The molecule has 1 unspecified atom stereocenters. The van der Waals surface area contributed by atoms with Crippen LogP contribution in [0.25, 0.3) is 0 Å². The summed E-state index contributed by atoms with van der Waals surface area (Å²) in [6, 6.07) is 0.112. The lowest BCUT2D eigenvalue weighted by molar-refractivity contribution is -0.149. The van der Waals surface area contributed by atoms with Gasteiger partial charge in [0.05, 0.1) is 5.41 Å². The van der Waals surface area contributed by atoms with Crippen molar-refractivity contribution >= 4 is 11.9 Å². The Bertz CT molecular complexity index is 283. The molecule has 0 aromatic carbocycles. The Morgan fingerprint density at radius 2 is 2.06 bits per heavy atom. The van der Waals surface area contributed by atoms with Crippen LogP contribution in [0.2, 0.25) is 0 Å². The Labute approximate surface area is 95.6 Å². The van der Waals surface area contributed by atoms with Crippen LogP contribution >= 0.6 is 0 Å². The summed E-state index contributed by atoms with van der Waals surface area (Å²) in [7, 11) is 0. The molecule has 0 spiro atoms. The molecule has 0 aromatic heterocycles. The number of carboxylic acid groups (broad SMARTS) is 1. The van der Waals surface area contributed by atoms with Crippen LogP contribution in [0.15, 0.2) is 0 Å². The average molecular weight is 228 g/mol. The third-order valence-electron chi connectivity index (χ3n) is 3.30. The molecular formula is C11H20N2O3. The first-order valence-electron chi connectivity index (χ1n) is 5.67. The molecule has 0 heterocycles. The molecule has 1 atom stereocenters. The largest absolute Gasteiger partial charge is 0.480 e. The van der Waals surface area contributed by atoms with Gasteiger partial charge in [-0.3, -0.25) is 9.59 Å². The highest BCUT2D eigenvalue weighted by molar-refractivity contribution is 5.86. The molecule has 5 nitrogen and oxygen atoms in total. The van der Waals surface area contributed by atoms with Gasteiger partial charge in [0, 0.05) is 12.6 Å². The Morgan fingerprint density at radius 1 is 1.50 bits per heavy atom. The molecule has 0 radical (unpaired) electrons. The molecule has 0 aromatic rings. The van der Waals surface area contributed by atoms with E-state index in [2.05, 4.69) is 0 Å². The van der Waals surface area contributed by atoms with Gasteiger partial charge in [-0.1, -0.05) is 6.92 Å². The summed E-state index contributed by atoms with van der Waals surface area (Å²) < 4.78 is 0. The minimum absolute atomic E-state index is 0.112. The van der Waals surface area contributed by atoms with Gasteiger partial charge < -0.3 is 15.7 Å². The average Bonchev–Trinajstić information content (AvgIpc) is 3.07. The van der Waals surface area contributed by atoms with Gasteiger partial charge in [-0.2, -0.15) is 0 Å². The third kappa shape index (κ3) is 2.72. The van der Waals surface area contributed by atoms with Gasteiger partial charge in [-0.15, -0.1) is 0 Å². The van der Waals surface area contributed by atoms with E-state index in [1.807, 2.05) is 6.92 Å². The number of nitrogens with two attached hydrogens (primary N) is 1. The van der Waals surface area contributed by atoms with Crippen LogP contribution in [0.5, 0.6) is 0 Å². The molecule has 1 rings (SSSR count). The summed E-state index contributed by atoms with van der Waals surface area (Å²) >= 11 is 0. The molecule has 3 N–H and O–H groups in total. The lowest BCUT2D eigenvalue weighted by atomic mass is 9.86. The molecule has 1 aliphatic carbocycles. The lowest BCUT2D eigenvalue weighted by Crippen LogP contribution is -2.48. The zero-order chi connectivity index (χ0) is 12.3. The lowest BCUT2D eigenvalue weighted by Gasteiger charge is -2.32. The highest BCUT2D eigenvalue weighted by Gasteiger charge is 2.41. The second-order valence-corrected chi connectivity index (χ2v) is 4.68. The minimum atomic E-state index is -0.962. The standard InChI is InChI=1S/C11H20N2O3/c1-3-11(2,7-12)10(16)13(6-9(14)15)8-4-5-8/h8H,3-7,12H2,1-2H3,(H,14,15). The van der Waals surface area contributed by atoms with Crippen molar-refractivity contribution < 1.29 is 14.7 Å². The van der Waals surface area contributed by atoms with Gasteiger partial charge in [0.25, 0.3) is 0 Å². The fourth-order valence-electron chi connectivity index (χ4n) is 1.63. The molecule has 1 aliphatic rings. The first-order valence-corrected chi connectivity index (χ1v) is 5.67. The van der Waals surface area contributed by atoms with Gasteiger partial charge in [-0.25, -0.2) is 0 Å². The normalized spacial score (nSPS) is 18.9. The molecular weight excluding hydrogens is 208 g/mol. The van der Waals surface area contributed by atoms with Gasteiger partial charge in [-0.05, 0) is 26.2 Å². The van der Waals surface area contributed by atoms with Crippen molar-refractivity contribution in [3.63, 3.8) is 0 Å². The maximum Gasteiger partial charge on any atom is 0.323 e. The van der Waals surface area contributed by atoms with Crippen LogP contribution in [0, 0.1) is 5.41 Å². The molecule has 16 heavy (non-hydrogen) atoms. The van der Waals surface area contributed by atoms with Crippen molar-refractivity contribution in [2.45, 2.75) is 39.2 Å². The Morgan fingerprint density at radius 3 is 2.38 bits per heavy atom. The Hall–Kier alpha value is -1.10. The van der Waals surface area contributed by atoms with Crippen LogP contribution in [0.1, 0.15) is 33.1 Å². The number of hydrogen-bond donors (Lipinski definition) is 2. The second kappa shape index (κ2) is 4.82. The maximum atomic E-state index is 12.2. The number of carbonyl (C=O) groups is 2. The molecule has 92 valence electrons. The molecule has 5 heteroatoms. The van der Waals surface area contributed by atoms with Crippen molar-refractivity contribution in [2.24, 2.45) is 11.1 Å². The predicted octanol–water partition coefficient (Wildman–Crippen LogP) is 0.437. The van der Waals surface area contributed by atoms with Crippen LogP contribution < -0.4 is 5.73 Å². The molecule has 0 bridgehead atoms. The zero-order valence-electron chi connectivity index (χ0n) is 9.90. The first-order chi connectivity index (χ1) is 7.44. The third-order valence-corrected chi connectivity index (χ3v) is 3.30. The van der Waals surface area contributed by atoms with Crippen molar-refractivity contribution in [1.82, 2.24) is 4.90 Å². The van der Waals surface area contributed by atoms with Gasteiger partial charge >= 0.3 is 5.97 Å². The smallest absolute Gasteiger partial charge is 0.323 e. The van der Waals surface area contributed by atoms with Crippen molar-refractivity contribution in [3.05, 3.63) is 0 Å². The van der Waals surface area contributed by atoms with Gasteiger partial charge in [0.15, 0.2) is 0 Å². The molecule has 1 amide bonds. The van der Waals surface area contributed by atoms with E-state index in [1.54, 1.807) is 6.92 Å². The number of carbonyl (C=O) groups excluding carboxylic acids is 1. The van der Waals surface area contributed by atoms with Gasteiger partial charge in [0.1, 0.15) is 6.54 Å². The molecule has 1 fully saturated rings. The summed E-state index contributed by atoms with van der Waals surface area (Å²) in [4.78, 5) is 24.4. The van der Waals surface area contributed by atoms with E-state index in [0.29, 0.717) is 6.42 Å². The Balaban J connectivity index is 2.77. The second-order valence-electron chi connectivity index (χ2n) is 4.68. The quantitative estimate of drug-likeness (QED) is 0.691. The molecule has 1 saturated carbocycles. The fraction of sp³-hybridized carbons (Fsp3) is 0.818. The SMILES string of the molecule is CCC(C)(CN)C(=O)N(CC(=O)O)C1CC1. The number of carboxylic acids is 1. The minimum Gasteiger partial charge on any atom is -0.480 e. The van der Waals surface area contributed by atoms with E-state index >= 15 is 0 Å². The van der Waals surface area contributed by atoms with Crippen LogP contribution in [0.3, 0.4) is 0 Å². The van der Waals surface area contributed by atoms with E-state index in [9.17, 15) is 9.59 Å². The fourth-order valence-corrected chi connectivity index (χ4v) is 1.63. The number of amides is 1. The first kappa shape index (κ1) is 13.0. The van der Waals surface area contributed by atoms with E-state index in [1.165, 1.54) is 4.90 Å². The number of aliphatic carboxylic acids is 1. The predicted molar refractivity (Wildman–Crippen MR) is 59.8 cm³/mol. The topological polar surface area (TPSA) is 83.6 Å². The molecule has 0 saturated heterocycles. The van der Waals surface area contributed by atoms with E-state index < -0.39 is 11.4 Å². The number of nitrogens with zero attached hydrogens (tertiary/aromatic N) is 1. The van der Waals surface area contributed by atoms with E-state index in [0.717, 1.165) is 12.8 Å². The summed E-state index contributed by atoms with van der Waals surface area (Å²) in [5, 5.41) is 8.80. The number of hydrogen-bond acceptors (Lipinski definition) is 3. The maximum absolute atomic E-state index is 12.2. The summed E-state index contributed by atoms with van der Waals surface area (Å²) in [5.41, 5.74) is 4.99. The summed E-state index contributed by atoms with van der Waals surface area (Å²) in [5.74, 6) is -1.09. The zero-order valence-corrected chi connectivity index (χ0v) is 9.90. The van der Waals surface area contributed by atoms with Gasteiger partial charge in [0.2, 0.25) is 5.91 Å². The summed E-state index contributed by atoms with van der Waals surface area (Å²) in [6.07, 6.45) is 2.44. The van der Waals surface area contributed by atoms with Crippen molar-refractivity contribution in [2.75, 3.05) is 13.1 Å². The number of rotatable bonds is 6. The molecule has 0 aliphatic heterocycles. The Kier molecular flexibility index (Phi) is 3.91. The monoisotopic (exact) mass is 228 g/mol. The van der Waals surface area contributed by atoms with Crippen LogP contribution in [-0.2, 0) is 9.59 Å². The van der Waals surface area contributed by atoms with E-state index in [4.69, 9.17) is 10.8 Å². The van der Waals surface area contributed by atoms with E-state index in [-0.39, 0.29) is 25.0 Å².